The van der Waals surface area contributed by atoms with Crippen LogP contribution in [0.3, 0.4) is 0 Å². The van der Waals surface area contributed by atoms with E-state index in [2.05, 4.69) is 37.8 Å². The zero-order valence-corrected chi connectivity index (χ0v) is 16.8. The number of allylic oxidation sites excluding steroid dienone is 1. The maximum Gasteiger partial charge on any atom is 0.177 e. The molecule has 5 heterocycles. The highest BCUT2D eigenvalue weighted by molar-refractivity contribution is 8.02. The molecule has 0 aromatic carbocycles. The molecule has 0 spiro atoms. The fourth-order valence-corrected chi connectivity index (χ4v) is 4.45. The fourth-order valence-electron chi connectivity index (χ4n) is 3.33. The second kappa shape index (κ2) is 7.32. The van der Waals surface area contributed by atoms with Gasteiger partial charge in [0.2, 0.25) is 0 Å². The van der Waals surface area contributed by atoms with Crippen LogP contribution in [0.4, 0.5) is 5.69 Å². The average Bonchev–Trinajstić information content (AvgIpc) is 3.37. The zero-order chi connectivity index (χ0) is 19.8. The highest BCUT2D eigenvalue weighted by atomic mass is 32.2. The number of nitrogens with zero attached hydrogens (tertiary/aromatic N) is 6. The Morgan fingerprint density at radius 3 is 3.00 bits per heavy atom. The van der Waals surface area contributed by atoms with Crippen LogP contribution in [0.5, 0.6) is 5.75 Å². The predicted molar refractivity (Wildman–Crippen MR) is 113 cm³/mol. The first-order valence-electron chi connectivity index (χ1n) is 9.26. The summed E-state index contributed by atoms with van der Waals surface area (Å²) in [4.78, 5) is 8.84. The molecule has 1 N–H and O–H groups in total. The summed E-state index contributed by atoms with van der Waals surface area (Å²) in [5, 5.41) is 19.3. The van der Waals surface area contributed by atoms with Crippen LogP contribution in [0.15, 0.2) is 47.6 Å². The Morgan fingerprint density at radius 1 is 1.24 bits per heavy atom. The molecule has 9 heteroatoms. The van der Waals surface area contributed by atoms with Crippen molar-refractivity contribution >= 4 is 34.1 Å². The van der Waals surface area contributed by atoms with Crippen molar-refractivity contribution in [2.75, 3.05) is 12.4 Å². The summed E-state index contributed by atoms with van der Waals surface area (Å²) in [5.74, 6) is 1.42. The van der Waals surface area contributed by atoms with Crippen molar-refractivity contribution in [3.63, 3.8) is 0 Å². The predicted octanol–water partition coefficient (Wildman–Crippen LogP) is 3.77. The van der Waals surface area contributed by atoms with Crippen LogP contribution in [0.25, 0.3) is 16.7 Å². The molecule has 0 bridgehead atoms. The fraction of sp³-hybridized carbons (Fsp3) is 0.250. The molecule has 29 heavy (non-hydrogen) atoms. The molecule has 4 aromatic rings. The molecular formula is C20H19N7OS. The van der Waals surface area contributed by atoms with E-state index < -0.39 is 0 Å². The van der Waals surface area contributed by atoms with Crippen LogP contribution in [0.2, 0.25) is 0 Å². The Balaban J connectivity index is 1.41. The maximum absolute atomic E-state index is 5.23. The van der Waals surface area contributed by atoms with Crippen molar-refractivity contribution in [1.82, 2.24) is 29.8 Å². The van der Waals surface area contributed by atoms with E-state index in [1.54, 1.807) is 19.5 Å². The molecule has 0 amide bonds. The number of methoxy groups -OCH3 is 1. The standard InChI is InChI=1S/C20H19N7OS/c1-12-7-17(29-11-12)14-3-4-18-24-25-19(27(18)26-14)10-22-15-5-6-21-16-8-13(28-2)9-23-20(15)16/h3-6,8-9,11,17H,7,10H2,1-2H3,(H,21,22). The lowest BCUT2D eigenvalue weighted by molar-refractivity contribution is 0.413. The molecule has 1 aliphatic rings. The van der Waals surface area contributed by atoms with Crippen molar-refractivity contribution in [1.29, 1.82) is 0 Å². The van der Waals surface area contributed by atoms with E-state index in [9.17, 15) is 0 Å². The third kappa shape index (κ3) is 3.38. The number of thioether (sulfide) groups is 1. The van der Waals surface area contributed by atoms with Crippen molar-refractivity contribution in [3.05, 3.63) is 59.2 Å². The molecule has 1 atom stereocenters. The maximum atomic E-state index is 5.23. The molecule has 0 saturated carbocycles. The monoisotopic (exact) mass is 405 g/mol. The van der Waals surface area contributed by atoms with Gasteiger partial charge in [0.1, 0.15) is 11.3 Å². The molecule has 5 rings (SSSR count). The minimum absolute atomic E-state index is 0.353. The first-order chi connectivity index (χ1) is 14.2. The lowest BCUT2D eigenvalue weighted by Crippen LogP contribution is -2.08. The van der Waals surface area contributed by atoms with Gasteiger partial charge in [-0.15, -0.1) is 22.0 Å². The second-order valence-electron chi connectivity index (χ2n) is 6.89. The van der Waals surface area contributed by atoms with Gasteiger partial charge in [0.15, 0.2) is 11.5 Å². The summed E-state index contributed by atoms with van der Waals surface area (Å²) in [7, 11) is 1.62. The average molecular weight is 405 g/mol. The Bertz CT molecular complexity index is 1240. The van der Waals surface area contributed by atoms with E-state index in [0.29, 0.717) is 17.5 Å². The van der Waals surface area contributed by atoms with Gasteiger partial charge in [-0.2, -0.15) is 9.61 Å². The summed E-state index contributed by atoms with van der Waals surface area (Å²) in [6.45, 7) is 2.63. The SMILES string of the molecule is COc1cnc2c(NCc3nnc4ccc(C5CC(C)=CS5)nn34)ccnc2c1. The number of ether oxygens (including phenoxy) is 1. The number of rotatable bonds is 5. The van der Waals surface area contributed by atoms with Gasteiger partial charge in [-0.3, -0.25) is 4.98 Å². The summed E-state index contributed by atoms with van der Waals surface area (Å²) in [6, 6.07) is 7.78. The summed E-state index contributed by atoms with van der Waals surface area (Å²) < 4.78 is 7.05. The lowest BCUT2D eigenvalue weighted by Gasteiger charge is -2.10. The first kappa shape index (κ1) is 17.9. The Morgan fingerprint density at radius 2 is 2.17 bits per heavy atom. The van der Waals surface area contributed by atoms with Crippen LogP contribution in [0.1, 0.15) is 30.1 Å². The van der Waals surface area contributed by atoms with E-state index in [4.69, 9.17) is 9.84 Å². The molecule has 0 radical (unpaired) electrons. The number of hydrogen-bond donors (Lipinski definition) is 1. The molecule has 0 saturated heterocycles. The molecule has 4 aromatic heterocycles. The number of anilines is 1. The van der Waals surface area contributed by atoms with Crippen LogP contribution >= 0.6 is 11.8 Å². The van der Waals surface area contributed by atoms with Gasteiger partial charge >= 0.3 is 0 Å². The van der Waals surface area contributed by atoms with Crippen LogP contribution in [-0.2, 0) is 6.54 Å². The first-order valence-corrected chi connectivity index (χ1v) is 10.2. The van der Waals surface area contributed by atoms with Crippen LogP contribution in [0, 0.1) is 0 Å². The van der Waals surface area contributed by atoms with Gasteiger partial charge in [0, 0.05) is 12.3 Å². The molecule has 0 aliphatic carbocycles. The third-order valence-corrected chi connectivity index (χ3v) is 6.12. The highest BCUT2D eigenvalue weighted by Crippen LogP contribution is 2.41. The number of aromatic nitrogens is 6. The number of nitrogens with one attached hydrogen (secondary N) is 1. The second-order valence-corrected chi connectivity index (χ2v) is 7.97. The molecular weight excluding hydrogens is 386 g/mol. The zero-order valence-electron chi connectivity index (χ0n) is 16.0. The normalized spacial score (nSPS) is 16.3. The van der Waals surface area contributed by atoms with E-state index in [1.165, 1.54) is 5.57 Å². The van der Waals surface area contributed by atoms with Crippen LogP contribution < -0.4 is 10.1 Å². The minimum Gasteiger partial charge on any atom is -0.495 e. The number of fused-ring (bicyclic) bond motifs is 2. The van der Waals surface area contributed by atoms with E-state index in [0.717, 1.165) is 40.3 Å². The van der Waals surface area contributed by atoms with E-state index >= 15 is 0 Å². The Kier molecular flexibility index (Phi) is 4.51. The van der Waals surface area contributed by atoms with Gasteiger partial charge in [-0.05, 0) is 37.0 Å². The van der Waals surface area contributed by atoms with Gasteiger partial charge < -0.3 is 10.1 Å². The minimum atomic E-state index is 0.353. The largest absolute Gasteiger partial charge is 0.495 e. The summed E-state index contributed by atoms with van der Waals surface area (Å²) in [6.07, 6.45) is 4.46. The quantitative estimate of drug-likeness (QED) is 0.537. The van der Waals surface area contributed by atoms with Crippen molar-refractivity contribution in [3.8, 4) is 5.75 Å². The molecule has 146 valence electrons. The van der Waals surface area contributed by atoms with Gasteiger partial charge in [-0.25, -0.2) is 4.98 Å². The van der Waals surface area contributed by atoms with Crippen molar-refractivity contribution in [2.45, 2.75) is 25.1 Å². The molecule has 0 fully saturated rings. The van der Waals surface area contributed by atoms with Crippen molar-refractivity contribution in [2.24, 2.45) is 0 Å². The van der Waals surface area contributed by atoms with Crippen molar-refractivity contribution < 1.29 is 4.74 Å². The molecule has 8 nitrogen and oxygen atoms in total. The summed E-state index contributed by atoms with van der Waals surface area (Å²) in [5.41, 5.74) is 5.58. The molecule has 1 unspecified atom stereocenters. The summed E-state index contributed by atoms with van der Waals surface area (Å²) >= 11 is 1.82. The Hall–Kier alpha value is -3.20. The van der Waals surface area contributed by atoms with E-state index in [-0.39, 0.29) is 0 Å². The third-order valence-electron chi connectivity index (χ3n) is 4.84. The lowest BCUT2D eigenvalue weighted by atomic mass is 10.1. The van der Waals surface area contributed by atoms with Gasteiger partial charge in [0.05, 0.1) is 42.0 Å². The highest BCUT2D eigenvalue weighted by Gasteiger charge is 2.20. The van der Waals surface area contributed by atoms with Gasteiger partial charge in [0.25, 0.3) is 0 Å². The molecule has 1 aliphatic heterocycles. The van der Waals surface area contributed by atoms with Crippen LogP contribution in [-0.4, -0.2) is 36.9 Å². The van der Waals surface area contributed by atoms with Gasteiger partial charge in [-0.1, -0.05) is 5.57 Å². The Labute approximate surface area is 171 Å². The topological polar surface area (TPSA) is 90.1 Å². The number of hydrogen-bond acceptors (Lipinski definition) is 8. The number of pyridine rings is 2. The smallest absolute Gasteiger partial charge is 0.177 e. The van der Waals surface area contributed by atoms with E-state index in [1.807, 2.05) is 40.5 Å².